The van der Waals surface area contributed by atoms with E-state index in [1.165, 1.54) is 12.1 Å². The molecule has 1 aromatic carbocycles. The van der Waals surface area contributed by atoms with Crippen LogP contribution in [0.15, 0.2) is 24.3 Å². The van der Waals surface area contributed by atoms with Crippen LogP contribution in [0, 0.1) is 5.82 Å². The van der Waals surface area contributed by atoms with Crippen molar-refractivity contribution < 1.29 is 9.18 Å². The van der Waals surface area contributed by atoms with Gasteiger partial charge in [0.25, 0.3) is 5.91 Å². The average molecular weight is 241 g/mol. The third-order valence-electron chi connectivity index (χ3n) is 2.31. The molecule has 88 valence electrons. The monoisotopic (exact) mass is 241 g/mol. The summed E-state index contributed by atoms with van der Waals surface area (Å²) in [5, 5.41) is 2.82. The van der Waals surface area contributed by atoms with Crippen LogP contribution in [0.1, 0.15) is 23.7 Å². The average Bonchev–Trinajstić information content (AvgIpc) is 2.28. The maximum absolute atomic E-state index is 13.3. The molecule has 0 aliphatic carbocycles. The summed E-state index contributed by atoms with van der Waals surface area (Å²) >= 11 is 1.67. The minimum atomic E-state index is -0.473. The zero-order chi connectivity index (χ0) is 12.0. The molecule has 1 rings (SSSR count). The van der Waals surface area contributed by atoms with Crippen LogP contribution in [0.5, 0.6) is 0 Å². The van der Waals surface area contributed by atoms with Gasteiger partial charge in [0, 0.05) is 11.8 Å². The molecule has 16 heavy (non-hydrogen) atoms. The van der Waals surface area contributed by atoms with Gasteiger partial charge in [-0.25, -0.2) is 4.39 Å². The van der Waals surface area contributed by atoms with Crippen molar-refractivity contribution in [3.8, 4) is 0 Å². The zero-order valence-electron chi connectivity index (χ0n) is 9.50. The second-order valence-corrected chi connectivity index (χ2v) is 4.42. The van der Waals surface area contributed by atoms with Gasteiger partial charge in [-0.3, -0.25) is 4.79 Å². The first-order valence-electron chi connectivity index (χ1n) is 5.23. The number of thioether (sulfide) groups is 1. The lowest BCUT2D eigenvalue weighted by Gasteiger charge is -2.15. The largest absolute Gasteiger partial charge is 0.348 e. The highest BCUT2D eigenvalue weighted by molar-refractivity contribution is 7.98. The van der Waals surface area contributed by atoms with E-state index in [2.05, 4.69) is 5.32 Å². The molecule has 4 heteroatoms. The molecule has 1 aromatic rings. The Morgan fingerprint density at radius 1 is 1.50 bits per heavy atom. The van der Waals surface area contributed by atoms with Crippen LogP contribution in [0.2, 0.25) is 0 Å². The van der Waals surface area contributed by atoms with Gasteiger partial charge in [0.1, 0.15) is 5.82 Å². The molecular weight excluding hydrogens is 225 g/mol. The molecule has 1 unspecified atom stereocenters. The van der Waals surface area contributed by atoms with Gasteiger partial charge in [-0.05, 0) is 24.8 Å². The molecule has 0 aliphatic heterocycles. The lowest BCUT2D eigenvalue weighted by atomic mass is 10.1. The van der Waals surface area contributed by atoms with Crippen molar-refractivity contribution in [1.82, 2.24) is 5.32 Å². The highest BCUT2D eigenvalue weighted by Crippen LogP contribution is 2.08. The lowest BCUT2D eigenvalue weighted by molar-refractivity contribution is 0.0936. The van der Waals surface area contributed by atoms with Gasteiger partial charge in [0.15, 0.2) is 0 Å². The van der Waals surface area contributed by atoms with Crippen molar-refractivity contribution in [3.63, 3.8) is 0 Å². The van der Waals surface area contributed by atoms with E-state index in [4.69, 9.17) is 0 Å². The number of rotatable bonds is 5. The van der Waals surface area contributed by atoms with E-state index in [0.717, 1.165) is 12.2 Å². The van der Waals surface area contributed by atoms with Gasteiger partial charge in [-0.2, -0.15) is 11.8 Å². The van der Waals surface area contributed by atoms with E-state index in [1.54, 1.807) is 23.9 Å². The van der Waals surface area contributed by atoms with E-state index in [0.29, 0.717) is 0 Å². The van der Waals surface area contributed by atoms with Gasteiger partial charge in [-0.15, -0.1) is 0 Å². The molecule has 0 saturated carbocycles. The Labute approximate surface area is 99.6 Å². The number of benzene rings is 1. The molecule has 0 heterocycles. The molecule has 1 atom stereocenters. The molecule has 0 spiro atoms. The molecule has 0 aliphatic rings. The number of carbonyl (C=O) groups is 1. The Bertz CT molecular complexity index is 357. The molecule has 0 bridgehead atoms. The summed E-state index contributed by atoms with van der Waals surface area (Å²) in [5.74, 6) is 0.0365. The summed E-state index contributed by atoms with van der Waals surface area (Å²) in [6.07, 6.45) is 2.83. The molecule has 0 fully saturated rings. The van der Waals surface area contributed by atoms with Crippen molar-refractivity contribution >= 4 is 17.7 Å². The second kappa shape index (κ2) is 6.53. The summed E-state index contributed by atoms with van der Waals surface area (Å²) < 4.78 is 13.3. The molecule has 0 saturated heterocycles. The van der Waals surface area contributed by atoms with Crippen LogP contribution in [-0.4, -0.2) is 24.0 Å². The molecular formula is C12H16FNOS. The SMILES string of the molecule is CCC(CSC)NC(=O)c1ccccc1F. The number of nitrogens with one attached hydrogen (secondary N) is 1. The van der Waals surface area contributed by atoms with Crippen molar-refractivity contribution in [2.75, 3.05) is 12.0 Å². The first-order chi connectivity index (χ1) is 7.69. The van der Waals surface area contributed by atoms with Gasteiger partial charge >= 0.3 is 0 Å². The van der Waals surface area contributed by atoms with Crippen LogP contribution in [0.4, 0.5) is 4.39 Å². The Morgan fingerprint density at radius 2 is 2.19 bits per heavy atom. The Balaban J connectivity index is 2.68. The van der Waals surface area contributed by atoms with Crippen LogP contribution in [0.25, 0.3) is 0 Å². The fourth-order valence-electron chi connectivity index (χ4n) is 1.37. The van der Waals surface area contributed by atoms with Gasteiger partial charge in [0.2, 0.25) is 0 Å². The highest BCUT2D eigenvalue weighted by atomic mass is 32.2. The fourth-order valence-corrected chi connectivity index (χ4v) is 2.09. The molecule has 2 nitrogen and oxygen atoms in total. The highest BCUT2D eigenvalue weighted by Gasteiger charge is 2.14. The first-order valence-corrected chi connectivity index (χ1v) is 6.62. The van der Waals surface area contributed by atoms with E-state index in [1.807, 2.05) is 13.2 Å². The third kappa shape index (κ3) is 3.52. The third-order valence-corrected chi connectivity index (χ3v) is 3.05. The van der Waals surface area contributed by atoms with Crippen LogP contribution < -0.4 is 5.32 Å². The normalized spacial score (nSPS) is 12.2. The quantitative estimate of drug-likeness (QED) is 0.858. The van der Waals surface area contributed by atoms with E-state index < -0.39 is 5.82 Å². The minimum Gasteiger partial charge on any atom is -0.348 e. The molecule has 0 radical (unpaired) electrons. The standard InChI is InChI=1S/C12H16FNOS/c1-3-9(8-16-2)14-12(15)10-6-4-5-7-11(10)13/h4-7,9H,3,8H2,1-2H3,(H,14,15). The summed E-state index contributed by atoms with van der Waals surface area (Å²) in [5.41, 5.74) is 0.113. The molecule has 0 aromatic heterocycles. The summed E-state index contributed by atoms with van der Waals surface area (Å²) in [7, 11) is 0. The van der Waals surface area contributed by atoms with Crippen LogP contribution in [-0.2, 0) is 0 Å². The van der Waals surface area contributed by atoms with Gasteiger partial charge < -0.3 is 5.32 Å². The summed E-state index contributed by atoms with van der Waals surface area (Å²) in [4.78, 5) is 11.7. The lowest BCUT2D eigenvalue weighted by Crippen LogP contribution is -2.36. The van der Waals surface area contributed by atoms with Crippen LogP contribution >= 0.6 is 11.8 Å². The predicted molar refractivity (Wildman–Crippen MR) is 66.3 cm³/mol. The Morgan fingerprint density at radius 3 is 2.75 bits per heavy atom. The van der Waals surface area contributed by atoms with Gasteiger partial charge in [0.05, 0.1) is 5.56 Å². The Hall–Kier alpha value is -1.03. The van der Waals surface area contributed by atoms with Crippen molar-refractivity contribution in [2.24, 2.45) is 0 Å². The maximum atomic E-state index is 13.3. The fraction of sp³-hybridized carbons (Fsp3) is 0.417. The van der Waals surface area contributed by atoms with Gasteiger partial charge in [-0.1, -0.05) is 19.1 Å². The zero-order valence-corrected chi connectivity index (χ0v) is 10.3. The number of halogens is 1. The number of carbonyl (C=O) groups excluding carboxylic acids is 1. The molecule has 1 amide bonds. The first kappa shape index (κ1) is 13.0. The Kier molecular flexibility index (Phi) is 5.32. The summed E-state index contributed by atoms with van der Waals surface area (Å²) in [6.45, 7) is 2.00. The predicted octanol–water partition coefficient (Wildman–Crippen LogP) is 2.70. The summed E-state index contributed by atoms with van der Waals surface area (Å²) in [6, 6.07) is 6.13. The van der Waals surface area contributed by atoms with Crippen molar-refractivity contribution in [1.29, 1.82) is 0 Å². The maximum Gasteiger partial charge on any atom is 0.254 e. The number of amides is 1. The van der Waals surface area contributed by atoms with Crippen LogP contribution in [0.3, 0.4) is 0 Å². The second-order valence-electron chi connectivity index (χ2n) is 3.51. The van der Waals surface area contributed by atoms with Crippen molar-refractivity contribution in [3.05, 3.63) is 35.6 Å². The van der Waals surface area contributed by atoms with E-state index in [9.17, 15) is 9.18 Å². The topological polar surface area (TPSA) is 29.1 Å². The van der Waals surface area contributed by atoms with E-state index >= 15 is 0 Å². The van der Waals surface area contributed by atoms with Crippen molar-refractivity contribution in [2.45, 2.75) is 19.4 Å². The molecule has 1 N–H and O–H groups in total. The van der Waals surface area contributed by atoms with E-state index in [-0.39, 0.29) is 17.5 Å². The number of hydrogen-bond acceptors (Lipinski definition) is 2. The number of hydrogen-bond donors (Lipinski definition) is 1. The minimum absolute atomic E-state index is 0.0992. The smallest absolute Gasteiger partial charge is 0.254 e.